The van der Waals surface area contributed by atoms with E-state index in [0.717, 1.165) is 13.1 Å². The number of oxime groups is 1. The second-order valence-electron chi connectivity index (χ2n) is 7.60. The number of nitrogens with two attached hydrogens (primary N) is 1. The molecule has 2 aromatic heterocycles. The van der Waals surface area contributed by atoms with Crippen molar-refractivity contribution < 1.29 is 19.1 Å². The van der Waals surface area contributed by atoms with E-state index in [-0.39, 0.29) is 18.6 Å². The lowest BCUT2D eigenvalue weighted by Crippen LogP contribution is -2.26. The van der Waals surface area contributed by atoms with Gasteiger partial charge in [0.2, 0.25) is 12.7 Å². The number of aromatic nitrogens is 2. The first-order valence-corrected chi connectivity index (χ1v) is 12.5. The SMILES string of the molecule is CCNC(=O)c1cc2c(/C(=N\OCCN(CC)CC)c3cc4c(cc3Cl)OCO4)nc(N)nc2s1. The van der Waals surface area contributed by atoms with Crippen LogP contribution in [0.15, 0.2) is 23.4 Å². The molecule has 1 amide bonds. The number of amides is 1. The minimum absolute atomic E-state index is 0.0458. The van der Waals surface area contributed by atoms with Crippen LogP contribution in [0.3, 0.4) is 0 Å². The summed E-state index contributed by atoms with van der Waals surface area (Å²) in [5.41, 5.74) is 7.34. The zero-order valence-corrected chi connectivity index (χ0v) is 21.3. The molecular formula is C23H27ClN6O4S. The monoisotopic (exact) mass is 518 g/mol. The van der Waals surface area contributed by atoms with Gasteiger partial charge in [-0.1, -0.05) is 30.6 Å². The molecule has 1 aromatic carbocycles. The van der Waals surface area contributed by atoms with E-state index in [0.29, 0.717) is 68.3 Å². The van der Waals surface area contributed by atoms with Crippen LogP contribution < -0.4 is 20.5 Å². The third-order valence-corrected chi connectivity index (χ3v) is 6.80. The molecule has 10 nitrogen and oxygen atoms in total. The number of rotatable bonds is 10. The van der Waals surface area contributed by atoms with Gasteiger partial charge in [0.25, 0.3) is 5.91 Å². The molecule has 0 unspecified atom stereocenters. The van der Waals surface area contributed by atoms with Crippen LogP contribution in [-0.4, -0.2) is 66.1 Å². The Bertz CT molecular complexity index is 1260. The highest BCUT2D eigenvalue weighted by atomic mass is 35.5. The molecule has 3 N–H and O–H groups in total. The number of fused-ring (bicyclic) bond motifs is 2. The van der Waals surface area contributed by atoms with Gasteiger partial charge < -0.3 is 30.3 Å². The van der Waals surface area contributed by atoms with Crippen molar-refractivity contribution in [3.05, 3.63) is 39.4 Å². The normalized spacial score (nSPS) is 13.0. The molecule has 0 saturated heterocycles. The molecule has 0 saturated carbocycles. The lowest BCUT2D eigenvalue weighted by atomic mass is 10.0. The van der Waals surface area contributed by atoms with Crippen molar-refractivity contribution in [2.24, 2.45) is 5.16 Å². The highest BCUT2D eigenvalue weighted by Crippen LogP contribution is 2.38. The summed E-state index contributed by atoms with van der Waals surface area (Å²) in [7, 11) is 0. The Labute approximate surface area is 212 Å². The lowest BCUT2D eigenvalue weighted by Gasteiger charge is -2.17. The van der Waals surface area contributed by atoms with E-state index in [9.17, 15) is 4.79 Å². The van der Waals surface area contributed by atoms with Gasteiger partial charge in [-0.3, -0.25) is 4.79 Å². The Morgan fingerprint density at radius 3 is 2.69 bits per heavy atom. The minimum atomic E-state index is -0.199. The van der Waals surface area contributed by atoms with Gasteiger partial charge in [-0.2, -0.15) is 0 Å². The zero-order valence-electron chi connectivity index (χ0n) is 19.8. The second kappa shape index (κ2) is 11.1. The molecule has 4 rings (SSSR count). The van der Waals surface area contributed by atoms with Gasteiger partial charge >= 0.3 is 0 Å². The number of nitrogen functional groups attached to an aromatic ring is 1. The molecule has 0 aliphatic carbocycles. The molecule has 0 fully saturated rings. The fourth-order valence-electron chi connectivity index (χ4n) is 3.62. The van der Waals surface area contributed by atoms with E-state index >= 15 is 0 Å². The number of carbonyl (C=O) groups is 1. The molecular weight excluding hydrogens is 492 g/mol. The second-order valence-corrected chi connectivity index (χ2v) is 9.04. The number of nitrogens with zero attached hydrogens (tertiary/aromatic N) is 4. The summed E-state index contributed by atoms with van der Waals surface area (Å²) in [6.45, 7) is 9.54. The number of halogens is 1. The number of anilines is 1. The molecule has 0 radical (unpaired) electrons. The van der Waals surface area contributed by atoms with Crippen molar-refractivity contribution in [2.75, 3.05) is 45.3 Å². The Morgan fingerprint density at radius 2 is 1.97 bits per heavy atom. The van der Waals surface area contributed by atoms with Crippen molar-refractivity contribution in [3.63, 3.8) is 0 Å². The number of benzene rings is 1. The average Bonchev–Trinajstić information content (AvgIpc) is 3.47. The van der Waals surface area contributed by atoms with Crippen LogP contribution in [0.5, 0.6) is 11.5 Å². The molecule has 1 aliphatic heterocycles. The van der Waals surface area contributed by atoms with Crippen molar-refractivity contribution in [2.45, 2.75) is 20.8 Å². The topological polar surface area (TPSA) is 124 Å². The van der Waals surface area contributed by atoms with Crippen LogP contribution in [0.2, 0.25) is 5.02 Å². The highest BCUT2D eigenvalue weighted by molar-refractivity contribution is 7.20. The van der Waals surface area contributed by atoms with Crippen molar-refractivity contribution in [1.82, 2.24) is 20.2 Å². The summed E-state index contributed by atoms with van der Waals surface area (Å²) >= 11 is 7.86. The molecule has 0 spiro atoms. The lowest BCUT2D eigenvalue weighted by molar-refractivity contribution is 0.0960. The number of nitrogens with one attached hydrogen (secondary N) is 1. The summed E-state index contributed by atoms with van der Waals surface area (Å²) < 4.78 is 11.0. The van der Waals surface area contributed by atoms with Crippen molar-refractivity contribution >= 4 is 50.7 Å². The van der Waals surface area contributed by atoms with E-state index in [2.05, 4.69) is 39.2 Å². The maximum Gasteiger partial charge on any atom is 0.261 e. The van der Waals surface area contributed by atoms with Crippen LogP contribution in [-0.2, 0) is 4.84 Å². The van der Waals surface area contributed by atoms with Crippen LogP contribution in [0, 0.1) is 0 Å². The molecule has 0 atom stereocenters. The van der Waals surface area contributed by atoms with E-state index in [1.54, 1.807) is 18.2 Å². The highest BCUT2D eigenvalue weighted by Gasteiger charge is 2.25. The summed E-state index contributed by atoms with van der Waals surface area (Å²) in [4.78, 5) is 30.3. The fraction of sp³-hybridized carbons (Fsp3) is 0.391. The van der Waals surface area contributed by atoms with Gasteiger partial charge in [-0.25, -0.2) is 9.97 Å². The van der Waals surface area contributed by atoms with Crippen LogP contribution in [0.1, 0.15) is 41.7 Å². The third-order valence-electron chi connectivity index (χ3n) is 5.46. The number of thiophene rings is 1. The van der Waals surface area contributed by atoms with Gasteiger partial charge in [0.1, 0.15) is 22.8 Å². The Morgan fingerprint density at radius 1 is 1.23 bits per heavy atom. The first-order chi connectivity index (χ1) is 16.9. The van der Waals surface area contributed by atoms with E-state index < -0.39 is 0 Å². The van der Waals surface area contributed by atoms with Crippen LogP contribution in [0.25, 0.3) is 10.2 Å². The molecule has 3 aromatic rings. The van der Waals surface area contributed by atoms with Crippen LogP contribution in [0.4, 0.5) is 5.95 Å². The quantitative estimate of drug-likeness (QED) is 0.237. The molecule has 1 aliphatic rings. The average molecular weight is 519 g/mol. The number of carbonyl (C=O) groups excluding carboxylic acids is 1. The van der Waals surface area contributed by atoms with Gasteiger partial charge in [0, 0.05) is 30.1 Å². The number of hydrogen-bond acceptors (Lipinski definition) is 10. The van der Waals surface area contributed by atoms with Gasteiger partial charge in [-0.05, 0) is 32.1 Å². The predicted molar refractivity (Wildman–Crippen MR) is 137 cm³/mol. The van der Waals surface area contributed by atoms with Crippen LogP contribution >= 0.6 is 22.9 Å². The maximum absolute atomic E-state index is 12.5. The standard InChI is InChI=1S/C23H27ClN6O4S/c1-4-26-21(31)18-10-14-19(27-23(25)28-22(14)35-18)20(29-34-8-7-30(5-2)6-3)13-9-16-17(11-15(13)24)33-12-32-16/h9-11H,4-8,12H2,1-3H3,(H,26,31)(H2,25,27,28)/b29-20-. The van der Waals surface area contributed by atoms with E-state index in [4.69, 9.17) is 31.6 Å². The molecule has 12 heteroatoms. The largest absolute Gasteiger partial charge is 0.454 e. The summed E-state index contributed by atoms with van der Waals surface area (Å²) in [5, 5.41) is 8.24. The zero-order chi connectivity index (χ0) is 24.9. The first-order valence-electron chi connectivity index (χ1n) is 11.3. The third kappa shape index (κ3) is 5.42. The molecule has 0 bridgehead atoms. The summed E-state index contributed by atoms with van der Waals surface area (Å²) in [5.74, 6) is 0.924. The Hall–Kier alpha value is -3.15. The van der Waals surface area contributed by atoms with Gasteiger partial charge in [0.15, 0.2) is 11.5 Å². The number of likely N-dealkylation sites (N-methyl/N-ethyl adjacent to an activating group) is 1. The minimum Gasteiger partial charge on any atom is -0.454 e. The predicted octanol–water partition coefficient (Wildman–Crippen LogP) is 3.52. The number of ether oxygens (including phenoxy) is 2. The Balaban J connectivity index is 1.80. The van der Waals surface area contributed by atoms with Gasteiger partial charge in [-0.15, -0.1) is 11.3 Å². The van der Waals surface area contributed by atoms with Crippen molar-refractivity contribution in [3.8, 4) is 11.5 Å². The summed E-state index contributed by atoms with van der Waals surface area (Å²) in [6, 6.07) is 5.13. The fourth-order valence-corrected chi connectivity index (χ4v) is 4.81. The van der Waals surface area contributed by atoms with E-state index in [1.165, 1.54) is 11.3 Å². The molecule has 35 heavy (non-hydrogen) atoms. The first kappa shape index (κ1) is 25.0. The number of hydrogen-bond donors (Lipinski definition) is 2. The van der Waals surface area contributed by atoms with E-state index in [1.807, 2.05) is 6.92 Å². The van der Waals surface area contributed by atoms with Gasteiger partial charge in [0.05, 0.1) is 9.90 Å². The molecule has 3 heterocycles. The summed E-state index contributed by atoms with van der Waals surface area (Å²) in [6.07, 6.45) is 0. The smallest absolute Gasteiger partial charge is 0.261 e. The Kier molecular flexibility index (Phi) is 7.89. The molecule has 186 valence electrons. The maximum atomic E-state index is 12.5. The van der Waals surface area contributed by atoms with Crippen molar-refractivity contribution in [1.29, 1.82) is 0 Å².